The molecule has 0 bridgehead atoms. The van der Waals surface area contributed by atoms with Crippen molar-refractivity contribution in [3.8, 4) is 6.07 Å². The summed E-state index contributed by atoms with van der Waals surface area (Å²) in [4.78, 5) is 23.2. The number of carboxylic acids is 1. The van der Waals surface area contributed by atoms with E-state index in [1.807, 2.05) is 6.07 Å². The van der Waals surface area contributed by atoms with E-state index < -0.39 is 29.2 Å². The van der Waals surface area contributed by atoms with Crippen molar-refractivity contribution in [3.63, 3.8) is 0 Å². The van der Waals surface area contributed by atoms with Gasteiger partial charge >= 0.3 is 5.97 Å². The van der Waals surface area contributed by atoms with Crippen LogP contribution in [0.25, 0.3) is 10.9 Å². The van der Waals surface area contributed by atoms with E-state index in [9.17, 15) is 14.0 Å². The number of aromatic nitrogens is 1. The number of nitriles is 1. The molecule has 0 saturated heterocycles. The summed E-state index contributed by atoms with van der Waals surface area (Å²) < 4.78 is 14.7. The predicted octanol–water partition coefficient (Wildman–Crippen LogP) is 1.85. The number of aromatic carboxylic acids is 1. The number of pyridine rings is 1. The van der Waals surface area contributed by atoms with E-state index in [2.05, 4.69) is 0 Å². The molecule has 1 aromatic carbocycles. The first-order valence-corrected chi connectivity index (χ1v) is 6.00. The molecule has 100 valence electrons. The second-order valence-electron chi connectivity index (χ2n) is 4.72. The number of carbonyl (C=O) groups is 1. The minimum Gasteiger partial charge on any atom is -0.477 e. The minimum atomic E-state index is -1.36. The van der Waals surface area contributed by atoms with Crippen LogP contribution in [0.4, 0.5) is 4.39 Å². The summed E-state index contributed by atoms with van der Waals surface area (Å²) in [5.41, 5.74) is -0.533. The highest BCUT2D eigenvalue weighted by molar-refractivity contribution is 5.94. The minimum absolute atomic E-state index is 0.128. The fraction of sp³-hybridized carbons (Fsp3) is 0.214. The topological polar surface area (TPSA) is 83.1 Å². The van der Waals surface area contributed by atoms with Gasteiger partial charge in [-0.3, -0.25) is 4.79 Å². The van der Waals surface area contributed by atoms with Crippen LogP contribution >= 0.6 is 0 Å². The maximum atomic E-state index is 13.3. The Labute approximate surface area is 112 Å². The molecule has 1 aliphatic rings. The Balaban J connectivity index is 2.46. The third kappa shape index (κ3) is 1.67. The smallest absolute Gasteiger partial charge is 0.341 e. The van der Waals surface area contributed by atoms with Crippen molar-refractivity contribution in [2.24, 2.45) is 0 Å². The Kier molecular flexibility index (Phi) is 2.57. The molecule has 6 heteroatoms. The highest BCUT2D eigenvalue weighted by Crippen LogP contribution is 2.40. The standard InChI is InChI=1S/C14H9FN2O3/c15-10-4-11(10)17-6-9(14(19)20)13(18)8-3-1-2-7(5-16)12(8)17/h1-3,6,10-11H,4H2,(H,19,20). The van der Waals surface area contributed by atoms with Crippen LogP contribution < -0.4 is 5.43 Å². The lowest BCUT2D eigenvalue weighted by molar-refractivity contribution is 0.0694. The van der Waals surface area contributed by atoms with Gasteiger partial charge < -0.3 is 9.67 Å². The van der Waals surface area contributed by atoms with Gasteiger partial charge in [0.05, 0.1) is 17.1 Å². The van der Waals surface area contributed by atoms with Crippen molar-refractivity contribution in [2.75, 3.05) is 0 Å². The molecule has 1 aliphatic carbocycles. The van der Waals surface area contributed by atoms with Crippen molar-refractivity contribution >= 4 is 16.9 Å². The molecular formula is C14H9FN2O3. The number of fused-ring (bicyclic) bond motifs is 1. The summed E-state index contributed by atoms with van der Waals surface area (Å²) in [6.45, 7) is 0. The fourth-order valence-electron chi connectivity index (χ4n) is 2.36. The molecule has 1 saturated carbocycles. The first-order valence-electron chi connectivity index (χ1n) is 6.00. The normalized spacial score (nSPS) is 20.6. The molecule has 20 heavy (non-hydrogen) atoms. The summed E-state index contributed by atoms with van der Waals surface area (Å²) in [6.07, 6.45) is 0.323. The summed E-state index contributed by atoms with van der Waals surface area (Å²) >= 11 is 0. The maximum Gasteiger partial charge on any atom is 0.341 e. The number of para-hydroxylation sites is 1. The summed E-state index contributed by atoms with van der Waals surface area (Å²) in [5.74, 6) is -1.36. The molecule has 0 aliphatic heterocycles. The van der Waals surface area contributed by atoms with Gasteiger partial charge in [-0.2, -0.15) is 5.26 Å². The zero-order valence-corrected chi connectivity index (χ0v) is 10.2. The Morgan fingerprint density at radius 2 is 2.20 bits per heavy atom. The van der Waals surface area contributed by atoms with Crippen LogP contribution in [0, 0.1) is 11.3 Å². The van der Waals surface area contributed by atoms with Crippen LogP contribution in [0.1, 0.15) is 28.4 Å². The Bertz CT molecular complexity index is 835. The van der Waals surface area contributed by atoms with Crippen LogP contribution in [0.3, 0.4) is 0 Å². The van der Waals surface area contributed by atoms with Crippen molar-refractivity contribution in [1.82, 2.24) is 4.57 Å². The van der Waals surface area contributed by atoms with Crippen LogP contribution in [-0.4, -0.2) is 21.8 Å². The van der Waals surface area contributed by atoms with Gasteiger partial charge in [-0.1, -0.05) is 6.07 Å². The molecule has 0 spiro atoms. The van der Waals surface area contributed by atoms with E-state index in [1.54, 1.807) is 0 Å². The number of carboxylic acid groups (broad SMARTS) is 1. The highest BCUT2D eigenvalue weighted by atomic mass is 19.1. The molecule has 1 N–H and O–H groups in total. The number of halogens is 1. The van der Waals surface area contributed by atoms with E-state index in [1.165, 1.54) is 22.8 Å². The number of alkyl halides is 1. The molecular weight excluding hydrogens is 263 g/mol. The number of benzene rings is 1. The molecule has 1 heterocycles. The average Bonchev–Trinajstić information content (AvgIpc) is 3.15. The van der Waals surface area contributed by atoms with Gasteiger partial charge in [0.15, 0.2) is 0 Å². The quantitative estimate of drug-likeness (QED) is 0.904. The van der Waals surface area contributed by atoms with Crippen LogP contribution in [0.5, 0.6) is 0 Å². The molecule has 3 rings (SSSR count). The molecule has 2 unspecified atom stereocenters. The molecule has 0 amide bonds. The zero-order chi connectivity index (χ0) is 14.4. The lowest BCUT2D eigenvalue weighted by atomic mass is 10.1. The SMILES string of the molecule is N#Cc1cccc2c(=O)c(C(=O)O)cn(C3CC3F)c12. The third-order valence-electron chi connectivity index (χ3n) is 3.44. The number of hydrogen-bond donors (Lipinski definition) is 1. The van der Waals surface area contributed by atoms with Gasteiger partial charge in [0, 0.05) is 18.0 Å². The molecule has 1 aromatic heterocycles. The van der Waals surface area contributed by atoms with E-state index in [0.717, 1.165) is 6.20 Å². The first kappa shape index (κ1) is 12.4. The summed E-state index contributed by atoms with van der Waals surface area (Å²) in [6, 6.07) is 5.94. The van der Waals surface area contributed by atoms with Crippen LogP contribution in [0.15, 0.2) is 29.2 Å². The first-order chi connectivity index (χ1) is 9.54. The van der Waals surface area contributed by atoms with Crippen molar-refractivity contribution in [3.05, 3.63) is 45.7 Å². The van der Waals surface area contributed by atoms with Crippen LogP contribution in [-0.2, 0) is 0 Å². The lowest BCUT2D eigenvalue weighted by Gasteiger charge is -2.12. The molecule has 5 nitrogen and oxygen atoms in total. The highest BCUT2D eigenvalue weighted by Gasteiger charge is 2.40. The second-order valence-corrected chi connectivity index (χ2v) is 4.72. The van der Waals surface area contributed by atoms with Gasteiger partial charge in [-0.15, -0.1) is 0 Å². The Morgan fingerprint density at radius 1 is 1.50 bits per heavy atom. The van der Waals surface area contributed by atoms with Gasteiger partial charge in [0.25, 0.3) is 0 Å². The van der Waals surface area contributed by atoms with Crippen molar-refractivity contribution in [1.29, 1.82) is 5.26 Å². The van der Waals surface area contributed by atoms with E-state index in [4.69, 9.17) is 10.4 Å². The van der Waals surface area contributed by atoms with Crippen LogP contribution in [0.2, 0.25) is 0 Å². The largest absolute Gasteiger partial charge is 0.477 e. The number of rotatable bonds is 2. The summed E-state index contributed by atoms with van der Waals surface area (Å²) in [7, 11) is 0. The van der Waals surface area contributed by atoms with Gasteiger partial charge in [0.1, 0.15) is 17.8 Å². The second kappa shape index (κ2) is 4.17. The van der Waals surface area contributed by atoms with Crippen molar-refractivity contribution in [2.45, 2.75) is 18.6 Å². The average molecular weight is 272 g/mol. The monoisotopic (exact) mass is 272 g/mol. The maximum absolute atomic E-state index is 13.3. The van der Waals surface area contributed by atoms with Gasteiger partial charge in [0.2, 0.25) is 5.43 Å². The molecule has 2 aromatic rings. The zero-order valence-electron chi connectivity index (χ0n) is 10.2. The molecule has 2 atom stereocenters. The van der Waals surface area contributed by atoms with E-state index in [-0.39, 0.29) is 17.4 Å². The van der Waals surface area contributed by atoms with Gasteiger partial charge in [-0.05, 0) is 12.1 Å². The number of nitrogens with zero attached hydrogens (tertiary/aromatic N) is 2. The third-order valence-corrected chi connectivity index (χ3v) is 3.44. The molecule has 0 radical (unpaired) electrons. The Hall–Kier alpha value is -2.68. The predicted molar refractivity (Wildman–Crippen MR) is 68.4 cm³/mol. The lowest BCUT2D eigenvalue weighted by Crippen LogP contribution is -2.19. The van der Waals surface area contributed by atoms with E-state index >= 15 is 0 Å². The number of hydrogen-bond acceptors (Lipinski definition) is 3. The van der Waals surface area contributed by atoms with Gasteiger partial charge in [-0.25, -0.2) is 9.18 Å². The molecule has 1 fully saturated rings. The van der Waals surface area contributed by atoms with E-state index in [0.29, 0.717) is 5.52 Å². The summed E-state index contributed by atoms with van der Waals surface area (Å²) in [5, 5.41) is 18.3. The van der Waals surface area contributed by atoms with Crippen molar-refractivity contribution < 1.29 is 14.3 Å². The Morgan fingerprint density at radius 3 is 2.75 bits per heavy atom. The fourth-order valence-corrected chi connectivity index (χ4v) is 2.36.